The van der Waals surface area contributed by atoms with Crippen molar-refractivity contribution in [2.75, 3.05) is 25.5 Å². The third kappa shape index (κ3) is 3.94. The molecule has 0 radical (unpaired) electrons. The Labute approximate surface area is 113 Å². The molecular formula is C14H20N2O3. The molecule has 0 saturated carbocycles. The van der Waals surface area contributed by atoms with Crippen molar-refractivity contribution in [2.24, 2.45) is 0 Å². The topological polar surface area (TPSA) is 61.8 Å². The minimum Gasteiger partial charge on any atom is -0.391 e. The molecule has 1 fully saturated rings. The van der Waals surface area contributed by atoms with Crippen LogP contribution in [0.5, 0.6) is 0 Å². The van der Waals surface area contributed by atoms with Gasteiger partial charge in [0.25, 0.3) is 0 Å². The third-order valence-corrected chi connectivity index (χ3v) is 3.17. The van der Waals surface area contributed by atoms with E-state index < -0.39 is 6.10 Å². The van der Waals surface area contributed by atoms with E-state index >= 15 is 0 Å². The van der Waals surface area contributed by atoms with Crippen LogP contribution in [-0.2, 0) is 11.3 Å². The van der Waals surface area contributed by atoms with Crippen molar-refractivity contribution >= 4 is 11.7 Å². The molecule has 5 nitrogen and oxygen atoms in total. The highest BCUT2D eigenvalue weighted by molar-refractivity contribution is 5.89. The Balaban J connectivity index is 1.96. The van der Waals surface area contributed by atoms with E-state index in [1.807, 2.05) is 24.3 Å². The quantitative estimate of drug-likeness (QED) is 0.875. The van der Waals surface area contributed by atoms with Crippen LogP contribution in [0, 0.1) is 0 Å². The Kier molecular flexibility index (Phi) is 4.76. The van der Waals surface area contributed by atoms with Crippen molar-refractivity contribution in [2.45, 2.75) is 25.6 Å². The van der Waals surface area contributed by atoms with Crippen LogP contribution in [0.1, 0.15) is 18.4 Å². The first-order valence-electron chi connectivity index (χ1n) is 6.51. The molecule has 0 bridgehead atoms. The largest absolute Gasteiger partial charge is 0.391 e. The molecule has 0 spiro atoms. The fourth-order valence-electron chi connectivity index (χ4n) is 2.25. The standard InChI is InChI=1S/C14H20N2O3/c1-19-10-11-4-2-5-12(8-11)15-14(18)16-7-3-6-13(17)9-16/h2,4-5,8,13,17H,3,6-7,9-10H2,1H3,(H,15,18). The van der Waals surface area contributed by atoms with Crippen LogP contribution < -0.4 is 5.32 Å². The minimum absolute atomic E-state index is 0.159. The van der Waals surface area contributed by atoms with Gasteiger partial charge in [-0.3, -0.25) is 0 Å². The van der Waals surface area contributed by atoms with Gasteiger partial charge in [-0.15, -0.1) is 0 Å². The van der Waals surface area contributed by atoms with E-state index in [0.29, 0.717) is 19.7 Å². The number of carbonyl (C=O) groups is 1. The lowest BCUT2D eigenvalue weighted by Gasteiger charge is -2.30. The zero-order chi connectivity index (χ0) is 13.7. The highest BCUT2D eigenvalue weighted by Gasteiger charge is 2.21. The Bertz CT molecular complexity index is 436. The normalized spacial score (nSPS) is 19.3. The van der Waals surface area contributed by atoms with E-state index in [0.717, 1.165) is 24.1 Å². The fraction of sp³-hybridized carbons (Fsp3) is 0.500. The summed E-state index contributed by atoms with van der Waals surface area (Å²) in [5.74, 6) is 0. The Morgan fingerprint density at radius 2 is 2.42 bits per heavy atom. The number of hydrogen-bond acceptors (Lipinski definition) is 3. The van der Waals surface area contributed by atoms with Gasteiger partial charge in [-0.1, -0.05) is 12.1 Å². The van der Waals surface area contributed by atoms with Gasteiger partial charge in [-0.2, -0.15) is 0 Å². The molecule has 1 atom stereocenters. The predicted octanol–water partition coefficient (Wildman–Crippen LogP) is 1.82. The Morgan fingerprint density at radius 1 is 1.58 bits per heavy atom. The predicted molar refractivity (Wildman–Crippen MR) is 73.0 cm³/mol. The van der Waals surface area contributed by atoms with Crippen LogP contribution in [0.3, 0.4) is 0 Å². The molecule has 2 N–H and O–H groups in total. The first kappa shape index (κ1) is 13.8. The van der Waals surface area contributed by atoms with Crippen molar-refractivity contribution in [3.8, 4) is 0 Å². The molecule has 0 aliphatic carbocycles. The van der Waals surface area contributed by atoms with Gasteiger partial charge in [-0.25, -0.2) is 4.79 Å². The molecule has 2 amide bonds. The van der Waals surface area contributed by atoms with Gasteiger partial charge in [0, 0.05) is 25.9 Å². The summed E-state index contributed by atoms with van der Waals surface area (Å²) in [6.07, 6.45) is 1.21. The molecule has 104 valence electrons. The maximum absolute atomic E-state index is 12.1. The maximum Gasteiger partial charge on any atom is 0.321 e. The van der Waals surface area contributed by atoms with E-state index in [9.17, 15) is 9.90 Å². The number of aliphatic hydroxyl groups is 1. The van der Waals surface area contributed by atoms with E-state index in [1.54, 1.807) is 12.0 Å². The lowest BCUT2D eigenvalue weighted by atomic mass is 10.1. The van der Waals surface area contributed by atoms with E-state index in [2.05, 4.69) is 5.32 Å². The lowest BCUT2D eigenvalue weighted by Crippen LogP contribution is -2.44. The number of hydrogen-bond donors (Lipinski definition) is 2. The van der Waals surface area contributed by atoms with Crippen molar-refractivity contribution in [3.05, 3.63) is 29.8 Å². The zero-order valence-electron chi connectivity index (χ0n) is 11.1. The smallest absolute Gasteiger partial charge is 0.321 e. The van der Waals surface area contributed by atoms with Gasteiger partial charge >= 0.3 is 6.03 Å². The van der Waals surface area contributed by atoms with Crippen LogP contribution in [0.25, 0.3) is 0 Å². The van der Waals surface area contributed by atoms with Gasteiger partial charge in [0.05, 0.1) is 12.7 Å². The fourth-order valence-corrected chi connectivity index (χ4v) is 2.25. The number of likely N-dealkylation sites (tertiary alicyclic amines) is 1. The highest BCUT2D eigenvalue weighted by atomic mass is 16.5. The minimum atomic E-state index is -0.403. The molecule has 1 aromatic rings. The lowest BCUT2D eigenvalue weighted by molar-refractivity contribution is 0.0883. The molecule has 1 aliphatic heterocycles. The third-order valence-electron chi connectivity index (χ3n) is 3.17. The Hall–Kier alpha value is -1.59. The van der Waals surface area contributed by atoms with E-state index in [1.165, 1.54) is 0 Å². The molecule has 1 saturated heterocycles. The van der Waals surface area contributed by atoms with Crippen molar-refractivity contribution < 1.29 is 14.6 Å². The van der Waals surface area contributed by atoms with Gasteiger partial charge in [-0.05, 0) is 30.5 Å². The van der Waals surface area contributed by atoms with Crippen molar-refractivity contribution in [1.82, 2.24) is 4.90 Å². The number of urea groups is 1. The first-order chi connectivity index (χ1) is 9.19. The number of nitrogens with one attached hydrogen (secondary N) is 1. The average Bonchev–Trinajstić information content (AvgIpc) is 2.39. The number of benzene rings is 1. The Morgan fingerprint density at radius 3 is 3.16 bits per heavy atom. The second-order valence-electron chi connectivity index (χ2n) is 4.81. The van der Waals surface area contributed by atoms with Gasteiger partial charge in [0.2, 0.25) is 0 Å². The molecule has 19 heavy (non-hydrogen) atoms. The summed E-state index contributed by atoms with van der Waals surface area (Å²) in [5.41, 5.74) is 1.76. The molecule has 1 unspecified atom stereocenters. The first-order valence-corrected chi connectivity index (χ1v) is 6.51. The average molecular weight is 264 g/mol. The van der Waals surface area contributed by atoms with Crippen LogP contribution in [0.15, 0.2) is 24.3 Å². The molecule has 0 aromatic heterocycles. The van der Waals surface area contributed by atoms with Gasteiger partial charge in [0.1, 0.15) is 0 Å². The second kappa shape index (κ2) is 6.54. The van der Waals surface area contributed by atoms with E-state index in [-0.39, 0.29) is 6.03 Å². The number of carbonyl (C=O) groups excluding carboxylic acids is 1. The summed E-state index contributed by atoms with van der Waals surface area (Å²) < 4.78 is 5.06. The number of amides is 2. The molecular weight excluding hydrogens is 244 g/mol. The van der Waals surface area contributed by atoms with Crippen LogP contribution >= 0.6 is 0 Å². The number of rotatable bonds is 3. The summed E-state index contributed by atoms with van der Waals surface area (Å²) in [7, 11) is 1.64. The van der Waals surface area contributed by atoms with Gasteiger partial charge < -0.3 is 20.1 Å². The summed E-state index contributed by atoms with van der Waals surface area (Å²) in [4.78, 5) is 13.7. The molecule has 1 heterocycles. The molecule has 2 rings (SSSR count). The summed E-state index contributed by atoms with van der Waals surface area (Å²) >= 11 is 0. The number of anilines is 1. The van der Waals surface area contributed by atoms with E-state index in [4.69, 9.17) is 4.74 Å². The summed E-state index contributed by atoms with van der Waals surface area (Å²) in [6.45, 7) is 1.62. The molecule has 1 aliphatic rings. The highest BCUT2D eigenvalue weighted by Crippen LogP contribution is 2.15. The van der Waals surface area contributed by atoms with Crippen molar-refractivity contribution in [1.29, 1.82) is 0 Å². The molecule has 5 heteroatoms. The number of methoxy groups -OCH3 is 1. The van der Waals surface area contributed by atoms with Crippen molar-refractivity contribution in [3.63, 3.8) is 0 Å². The maximum atomic E-state index is 12.1. The number of nitrogens with zero attached hydrogens (tertiary/aromatic N) is 1. The zero-order valence-corrected chi connectivity index (χ0v) is 11.1. The number of ether oxygens (including phenoxy) is 1. The van der Waals surface area contributed by atoms with Crippen LogP contribution in [0.2, 0.25) is 0 Å². The second-order valence-corrected chi connectivity index (χ2v) is 4.81. The number of β-amino-alcohol motifs (C(OH)–C–C–N with tert-alkyl or cyclic N) is 1. The van der Waals surface area contributed by atoms with Gasteiger partial charge in [0.15, 0.2) is 0 Å². The summed E-state index contributed by atoms with van der Waals surface area (Å²) in [5, 5.41) is 12.4. The monoisotopic (exact) mass is 264 g/mol. The number of piperidine rings is 1. The van der Waals surface area contributed by atoms with Crippen LogP contribution in [-0.4, -0.2) is 42.3 Å². The number of aliphatic hydroxyl groups excluding tert-OH is 1. The summed E-state index contributed by atoms with van der Waals surface area (Å²) in [6, 6.07) is 7.41. The molecule has 1 aromatic carbocycles. The SMILES string of the molecule is COCc1cccc(NC(=O)N2CCCC(O)C2)c1. The van der Waals surface area contributed by atoms with Crippen LogP contribution in [0.4, 0.5) is 10.5 Å².